The SMILES string of the molecule is C=C(Cl)COc1ccccc1. The molecule has 1 rings (SSSR count). The number of benzene rings is 1. The first-order chi connectivity index (χ1) is 5.29. The van der Waals surface area contributed by atoms with E-state index in [1.54, 1.807) is 0 Å². The second-order valence-corrected chi connectivity index (χ2v) is 2.65. The number of rotatable bonds is 3. The highest BCUT2D eigenvalue weighted by Gasteiger charge is 1.90. The van der Waals surface area contributed by atoms with Gasteiger partial charge in [-0.15, -0.1) is 0 Å². The highest BCUT2D eigenvalue weighted by molar-refractivity contribution is 6.29. The van der Waals surface area contributed by atoms with Crippen molar-refractivity contribution in [3.63, 3.8) is 0 Å². The lowest BCUT2D eigenvalue weighted by Gasteiger charge is -2.02. The van der Waals surface area contributed by atoms with Gasteiger partial charge in [-0.3, -0.25) is 0 Å². The van der Waals surface area contributed by atoms with Crippen LogP contribution in [0.15, 0.2) is 41.9 Å². The van der Waals surface area contributed by atoms with E-state index in [1.165, 1.54) is 0 Å². The number of hydrogen-bond donors (Lipinski definition) is 0. The Balaban J connectivity index is 2.45. The first-order valence-corrected chi connectivity index (χ1v) is 3.68. The average Bonchev–Trinajstić information content (AvgIpc) is 2.03. The molecular weight excluding hydrogens is 160 g/mol. The fraction of sp³-hybridized carbons (Fsp3) is 0.111. The molecule has 0 aliphatic heterocycles. The van der Waals surface area contributed by atoms with E-state index < -0.39 is 0 Å². The quantitative estimate of drug-likeness (QED) is 0.675. The molecule has 0 spiro atoms. The molecular formula is C9H9ClO. The Morgan fingerprint density at radius 2 is 2.00 bits per heavy atom. The summed E-state index contributed by atoms with van der Waals surface area (Å²) in [6.45, 7) is 3.88. The van der Waals surface area contributed by atoms with Gasteiger partial charge in [0, 0.05) is 5.03 Å². The van der Waals surface area contributed by atoms with Crippen LogP contribution in [0, 0.1) is 0 Å². The van der Waals surface area contributed by atoms with Crippen LogP contribution in [0.1, 0.15) is 0 Å². The molecule has 0 bridgehead atoms. The zero-order chi connectivity index (χ0) is 8.10. The van der Waals surface area contributed by atoms with Gasteiger partial charge in [-0.25, -0.2) is 0 Å². The molecule has 0 fully saturated rings. The molecule has 0 heterocycles. The summed E-state index contributed by atoms with van der Waals surface area (Å²) in [4.78, 5) is 0. The van der Waals surface area contributed by atoms with Crippen molar-refractivity contribution in [1.29, 1.82) is 0 Å². The lowest BCUT2D eigenvalue weighted by molar-refractivity contribution is 0.359. The zero-order valence-electron chi connectivity index (χ0n) is 6.09. The van der Waals surface area contributed by atoms with E-state index in [1.807, 2.05) is 30.3 Å². The minimum absolute atomic E-state index is 0.367. The molecule has 1 aromatic carbocycles. The van der Waals surface area contributed by atoms with Crippen LogP contribution in [0.4, 0.5) is 0 Å². The van der Waals surface area contributed by atoms with Crippen molar-refractivity contribution in [1.82, 2.24) is 0 Å². The van der Waals surface area contributed by atoms with Gasteiger partial charge >= 0.3 is 0 Å². The monoisotopic (exact) mass is 168 g/mol. The topological polar surface area (TPSA) is 9.23 Å². The second-order valence-electron chi connectivity index (χ2n) is 2.12. The molecule has 58 valence electrons. The van der Waals surface area contributed by atoms with Crippen molar-refractivity contribution >= 4 is 11.6 Å². The molecule has 1 aromatic rings. The van der Waals surface area contributed by atoms with Crippen molar-refractivity contribution in [2.24, 2.45) is 0 Å². The third-order valence-electron chi connectivity index (χ3n) is 1.14. The van der Waals surface area contributed by atoms with Gasteiger partial charge in [-0.05, 0) is 12.1 Å². The van der Waals surface area contributed by atoms with Crippen LogP contribution in [0.3, 0.4) is 0 Å². The lowest BCUT2D eigenvalue weighted by Crippen LogP contribution is -1.95. The highest BCUT2D eigenvalue weighted by Crippen LogP contribution is 2.09. The van der Waals surface area contributed by atoms with Crippen LogP contribution in [0.2, 0.25) is 0 Å². The molecule has 0 amide bonds. The highest BCUT2D eigenvalue weighted by atomic mass is 35.5. The number of para-hydroxylation sites is 1. The minimum Gasteiger partial charge on any atom is -0.488 e. The van der Waals surface area contributed by atoms with Crippen molar-refractivity contribution < 1.29 is 4.74 Å². The molecule has 0 atom stereocenters. The fourth-order valence-corrected chi connectivity index (χ4v) is 0.733. The molecule has 2 heteroatoms. The first-order valence-electron chi connectivity index (χ1n) is 3.30. The molecule has 0 radical (unpaired) electrons. The lowest BCUT2D eigenvalue weighted by atomic mass is 10.3. The van der Waals surface area contributed by atoms with E-state index in [4.69, 9.17) is 16.3 Å². The minimum atomic E-state index is 0.367. The van der Waals surface area contributed by atoms with Gasteiger partial charge in [-0.2, -0.15) is 0 Å². The van der Waals surface area contributed by atoms with Crippen LogP contribution in [-0.4, -0.2) is 6.61 Å². The van der Waals surface area contributed by atoms with Crippen LogP contribution in [0.25, 0.3) is 0 Å². The Morgan fingerprint density at radius 1 is 1.36 bits per heavy atom. The maximum Gasteiger partial charge on any atom is 0.123 e. The zero-order valence-corrected chi connectivity index (χ0v) is 6.84. The van der Waals surface area contributed by atoms with Crippen molar-refractivity contribution in [2.75, 3.05) is 6.61 Å². The smallest absolute Gasteiger partial charge is 0.123 e. The first kappa shape index (κ1) is 8.15. The van der Waals surface area contributed by atoms with Crippen LogP contribution >= 0.6 is 11.6 Å². The van der Waals surface area contributed by atoms with Gasteiger partial charge in [-0.1, -0.05) is 36.4 Å². The summed E-state index contributed by atoms with van der Waals surface area (Å²) in [6.07, 6.45) is 0. The van der Waals surface area contributed by atoms with Gasteiger partial charge in [0.15, 0.2) is 0 Å². The Morgan fingerprint density at radius 3 is 2.55 bits per heavy atom. The maximum atomic E-state index is 5.51. The summed E-state index contributed by atoms with van der Waals surface area (Å²) in [5.41, 5.74) is 0. The normalized spacial score (nSPS) is 9.18. The maximum absolute atomic E-state index is 5.51. The van der Waals surface area contributed by atoms with E-state index in [0.29, 0.717) is 11.6 Å². The van der Waals surface area contributed by atoms with Gasteiger partial charge in [0.1, 0.15) is 12.4 Å². The van der Waals surface area contributed by atoms with Crippen molar-refractivity contribution in [3.8, 4) is 5.75 Å². The summed E-state index contributed by atoms with van der Waals surface area (Å²) >= 11 is 5.51. The predicted molar refractivity (Wildman–Crippen MR) is 46.9 cm³/mol. The van der Waals surface area contributed by atoms with E-state index in [2.05, 4.69) is 6.58 Å². The number of hydrogen-bond acceptors (Lipinski definition) is 1. The Hall–Kier alpha value is -0.950. The van der Waals surface area contributed by atoms with Crippen molar-refractivity contribution in [3.05, 3.63) is 41.9 Å². The third kappa shape index (κ3) is 3.10. The molecule has 0 N–H and O–H groups in total. The molecule has 0 aromatic heterocycles. The summed E-state index contributed by atoms with van der Waals surface area (Å²) in [5, 5.41) is 0.508. The fourth-order valence-electron chi connectivity index (χ4n) is 0.678. The summed E-state index contributed by atoms with van der Waals surface area (Å²) < 4.78 is 5.24. The second kappa shape index (κ2) is 4.04. The van der Waals surface area contributed by atoms with Crippen LogP contribution in [-0.2, 0) is 0 Å². The summed E-state index contributed by atoms with van der Waals surface area (Å²) in [6, 6.07) is 9.50. The Bertz CT molecular complexity index is 231. The standard InChI is InChI=1S/C9H9ClO/c1-8(10)7-11-9-5-3-2-4-6-9/h2-6H,1,7H2. The van der Waals surface area contributed by atoms with E-state index in [9.17, 15) is 0 Å². The summed E-state index contributed by atoms with van der Waals surface area (Å²) in [7, 11) is 0. The Labute approximate surface area is 71.3 Å². The van der Waals surface area contributed by atoms with Gasteiger partial charge in [0.25, 0.3) is 0 Å². The van der Waals surface area contributed by atoms with E-state index >= 15 is 0 Å². The predicted octanol–water partition coefficient (Wildman–Crippen LogP) is 2.82. The molecule has 0 aliphatic carbocycles. The van der Waals surface area contributed by atoms with Crippen LogP contribution < -0.4 is 4.74 Å². The molecule has 0 unspecified atom stereocenters. The van der Waals surface area contributed by atoms with Gasteiger partial charge in [0.2, 0.25) is 0 Å². The average molecular weight is 169 g/mol. The summed E-state index contributed by atoms with van der Waals surface area (Å²) in [5.74, 6) is 0.814. The third-order valence-corrected chi connectivity index (χ3v) is 1.25. The Kier molecular flexibility index (Phi) is 2.99. The molecule has 1 nitrogen and oxygen atoms in total. The van der Waals surface area contributed by atoms with E-state index in [-0.39, 0.29) is 0 Å². The molecule has 0 saturated carbocycles. The van der Waals surface area contributed by atoms with E-state index in [0.717, 1.165) is 5.75 Å². The van der Waals surface area contributed by atoms with Gasteiger partial charge in [0.05, 0.1) is 0 Å². The number of halogens is 1. The largest absolute Gasteiger partial charge is 0.488 e. The molecule has 11 heavy (non-hydrogen) atoms. The van der Waals surface area contributed by atoms with Gasteiger partial charge < -0.3 is 4.74 Å². The molecule has 0 aliphatic rings. The number of ether oxygens (including phenoxy) is 1. The van der Waals surface area contributed by atoms with Crippen molar-refractivity contribution in [2.45, 2.75) is 0 Å². The molecule has 0 saturated heterocycles. The van der Waals surface area contributed by atoms with Crippen LogP contribution in [0.5, 0.6) is 5.75 Å².